The molecule has 0 fully saturated rings. The number of fused-ring (bicyclic) bond motifs is 1. The van der Waals surface area contributed by atoms with Crippen molar-refractivity contribution in [2.24, 2.45) is 0 Å². The van der Waals surface area contributed by atoms with E-state index in [2.05, 4.69) is 0 Å². The van der Waals surface area contributed by atoms with Gasteiger partial charge < -0.3 is 14.2 Å². The zero-order valence-electron chi connectivity index (χ0n) is 16.0. The summed E-state index contributed by atoms with van der Waals surface area (Å²) in [7, 11) is 1.57. The van der Waals surface area contributed by atoms with Crippen molar-refractivity contribution in [1.82, 2.24) is 0 Å². The standard InChI is InChI=1S/C20H27F3O3/c1-13(20(21,22)23)7-6-9-19(4)10-8-16-11-17(25-12-24-5)14(2)15(3)18(16)26-19/h7,11H,6,8-10,12H2,1-5H3/b13-7-. The third kappa shape index (κ3) is 4.72. The molecule has 1 aliphatic heterocycles. The highest BCUT2D eigenvalue weighted by Crippen LogP contribution is 2.42. The molecule has 0 aliphatic carbocycles. The van der Waals surface area contributed by atoms with Crippen LogP contribution in [0, 0.1) is 13.8 Å². The zero-order chi connectivity index (χ0) is 19.5. The van der Waals surface area contributed by atoms with Crippen LogP contribution in [0.2, 0.25) is 0 Å². The quantitative estimate of drug-likeness (QED) is 0.476. The highest BCUT2D eigenvalue weighted by atomic mass is 19.4. The fraction of sp³-hybridized carbons (Fsp3) is 0.600. The number of ether oxygens (including phenoxy) is 3. The number of hydrogen-bond donors (Lipinski definition) is 0. The minimum absolute atomic E-state index is 0.183. The molecule has 0 saturated heterocycles. The number of alkyl halides is 3. The van der Waals surface area contributed by atoms with Crippen molar-refractivity contribution in [3.8, 4) is 11.5 Å². The van der Waals surface area contributed by atoms with Crippen molar-refractivity contribution in [1.29, 1.82) is 0 Å². The lowest BCUT2D eigenvalue weighted by molar-refractivity contribution is -0.0916. The summed E-state index contributed by atoms with van der Waals surface area (Å²) in [5, 5.41) is 0. The van der Waals surface area contributed by atoms with E-state index in [1.54, 1.807) is 7.11 Å². The summed E-state index contributed by atoms with van der Waals surface area (Å²) in [4.78, 5) is 0. The van der Waals surface area contributed by atoms with Gasteiger partial charge in [0.1, 0.15) is 17.1 Å². The maximum absolute atomic E-state index is 12.6. The van der Waals surface area contributed by atoms with Gasteiger partial charge in [0.25, 0.3) is 0 Å². The van der Waals surface area contributed by atoms with Gasteiger partial charge in [-0.05, 0) is 76.1 Å². The molecular formula is C20H27F3O3. The lowest BCUT2D eigenvalue weighted by atomic mass is 9.87. The van der Waals surface area contributed by atoms with E-state index < -0.39 is 17.4 Å². The van der Waals surface area contributed by atoms with Gasteiger partial charge in [-0.25, -0.2) is 0 Å². The van der Waals surface area contributed by atoms with E-state index in [0.29, 0.717) is 12.8 Å². The van der Waals surface area contributed by atoms with Crippen molar-refractivity contribution in [3.63, 3.8) is 0 Å². The Balaban J connectivity index is 2.14. The molecule has 0 N–H and O–H groups in total. The summed E-state index contributed by atoms with van der Waals surface area (Å²) in [6.07, 6.45) is -0.564. The number of benzene rings is 1. The summed E-state index contributed by atoms with van der Waals surface area (Å²) in [5.41, 5.74) is 2.03. The van der Waals surface area contributed by atoms with E-state index in [1.807, 2.05) is 26.8 Å². The Labute approximate surface area is 153 Å². The molecule has 146 valence electrons. The Morgan fingerprint density at radius 2 is 2.00 bits per heavy atom. The molecule has 0 amide bonds. The molecule has 1 aliphatic rings. The number of methoxy groups -OCH3 is 1. The smallest absolute Gasteiger partial charge is 0.412 e. The van der Waals surface area contributed by atoms with E-state index in [-0.39, 0.29) is 6.79 Å². The van der Waals surface area contributed by atoms with Crippen LogP contribution < -0.4 is 9.47 Å². The summed E-state index contributed by atoms with van der Waals surface area (Å²) in [6, 6.07) is 1.98. The second-order valence-electron chi connectivity index (χ2n) is 7.14. The topological polar surface area (TPSA) is 27.7 Å². The molecule has 6 heteroatoms. The first-order valence-corrected chi connectivity index (χ1v) is 8.75. The first kappa shape index (κ1) is 20.6. The highest BCUT2D eigenvalue weighted by molar-refractivity contribution is 5.53. The molecule has 1 aromatic rings. The van der Waals surface area contributed by atoms with Gasteiger partial charge in [-0.1, -0.05) is 6.08 Å². The second kappa shape index (κ2) is 7.91. The third-order valence-electron chi connectivity index (χ3n) is 5.04. The zero-order valence-corrected chi connectivity index (χ0v) is 16.0. The lowest BCUT2D eigenvalue weighted by Gasteiger charge is -2.37. The fourth-order valence-electron chi connectivity index (χ4n) is 3.11. The van der Waals surface area contributed by atoms with Crippen molar-refractivity contribution < 1.29 is 27.4 Å². The Morgan fingerprint density at radius 1 is 1.31 bits per heavy atom. The third-order valence-corrected chi connectivity index (χ3v) is 5.04. The summed E-state index contributed by atoms with van der Waals surface area (Å²) < 4.78 is 54.7. The van der Waals surface area contributed by atoms with Gasteiger partial charge in [0.05, 0.1) is 0 Å². The van der Waals surface area contributed by atoms with Crippen LogP contribution in [0.25, 0.3) is 0 Å². The number of halogens is 3. The fourth-order valence-corrected chi connectivity index (χ4v) is 3.11. The average molecular weight is 372 g/mol. The molecule has 0 radical (unpaired) electrons. The summed E-state index contributed by atoms with van der Waals surface area (Å²) >= 11 is 0. The second-order valence-corrected chi connectivity index (χ2v) is 7.14. The molecule has 1 aromatic carbocycles. The van der Waals surface area contributed by atoms with Crippen LogP contribution in [0.4, 0.5) is 13.2 Å². The van der Waals surface area contributed by atoms with Crippen LogP contribution in [0.3, 0.4) is 0 Å². The predicted molar refractivity (Wildman–Crippen MR) is 94.8 cm³/mol. The minimum Gasteiger partial charge on any atom is -0.487 e. The van der Waals surface area contributed by atoms with Gasteiger partial charge in [-0.3, -0.25) is 0 Å². The van der Waals surface area contributed by atoms with Crippen LogP contribution >= 0.6 is 0 Å². The molecule has 26 heavy (non-hydrogen) atoms. The van der Waals surface area contributed by atoms with Crippen LogP contribution in [0.1, 0.15) is 49.8 Å². The van der Waals surface area contributed by atoms with Crippen molar-refractivity contribution in [2.75, 3.05) is 13.9 Å². The first-order chi connectivity index (χ1) is 12.1. The van der Waals surface area contributed by atoms with Crippen molar-refractivity contribution >= 4 is 0 Å². The van der Waals surface area contributed by atoms with E-state index in [1.165, 1.54) is 6.08 Å². The van der Waals surface area contributed by atoms with Gasteiger partial charge in [0.2, 0.25) is 0 Å². The van der Waals surface area contributed by atoms with Gasteiger partial charge >= 0.3 is 6.18 Å². The maximum Gasteiger partial charge on any atom is 0.412 e. The molecule has 1 unspecified atom stereocenters. The number of aryl methyl sites for hydroxylation is 1. The van der Waals surface area contributed by atoms with Crippen molar-refractivity contribution in [3.05, 3.63) is 34.4 Å². The number of allylic oxidation sites excluding steroid dienone is 2. The van der Waals surface area contributed by atoms with Gasteiger partial charge in [-0.2, -0.15) is 13.2 Å². The highest BCUT2D eigenvalue weighted by Gasteiger charge is 2.34. The van der Waals surface area contributed by atoms with Crippen LogP contribution in [-0.4, -0.2) is 25.7 Å². The maximum atomic E-state index is 12.6. The van der Waals surface area contributed by atoms with Gasteiger partial charge in [0.15, 0.2) is 6.79 Å². The molecule has 0 aromatic heterocycles. The molecule has 0 spiro atoms. The monoisotopic (exact) mass is 372 g/mol. The lowest BCUT2D eigenvalue weighted by Crippen LogP contribution is -2.36. The van der Waals surface area contributed by atoms with E-state index >= 15 is 0 Å². The predicted octanol–water partition coefficient (Wildman–Crippen LogP) is 5.66. The van der Waals surface area contributed by atoms with E-state index in [9.17, 15) is 13.2 Å². The SMILES string of the molecule is COCOc1cc2c(c(C)c1C)OC(C)(CC/C=C(/C)C(F)(F)F)CC2. The van der Waals surface area contributed by atoms with E-state index in [4.69, 9.17) is 14.2 Å². The average Bonchev–Trinajstić information content (AvgIpc) is 2.56. The van der Waals surface area contributed by atoms with Crippen LogP contribution in [0.15, 0.2) is 17.7 Å². The van der Waals surface area contributed by atoms with Crippen LogP contribution in [0.5, 0.6) is 11.5 Å². The van der Waals surface area contributed by atoms with Crippen molar-refractivity contribution in [2.45, 2.75) is 65.2 Å². The molecule has 2 rings (SSSR count). The molecule has 1 heterocycles. The van der Waals surface area contributed by atoms with Gasteiger partial charge in [0, 0.05) is 12.7 Å². The summed E-state index contributed by atoms with van der Waals surface area (Å²) in [5.74, 6) is 1.61. The van der Waals surface area contributed by atoms with E-state index in [0.717, 1.165) is 48.0 Å². The largest absolute Gasteiger partial charge is 0.487 e. The Hall–Kier alpha value is -1.69. The Morgan fingerprint density at radius 3 is 2.62 bits per heavy atom. The summed E-state index contributed by atoms with van der Waals surface area (Å²) in [6.45, 7) is 7.20. The van der Waals surface area contributed by atoms with Crippen LogP contribution in [-0.2, 0) is 11.2 Å². The first-order valence-electron chi connectivity index (χ1n) is 8.75. The Bertz CT molecular complexity index is 680. The van der Waals surface area contributed by atoms with Gasteiger partial charge in [-0.15, -0.1) is 0 Å². The molecule has 0 bridgehead atoms. The number of hydrogen-bond acceptors (Lipinski definition) is 3. The molecular weight excluding hydrogens is 345 g/mol. The Kier molecular flexibility index (Phi) is 6.27. The molecule has 3 nitrogen and oxygen atoms in total. The minimum atomic E-state index is -4.26. The molecule has 1 atom stereocenters. The normalized spacial score (nSPS) is 20.5. The molecule has 0 saturated carbocycles. The number of rotatable bonds is 6.